The zero-order chi connectivity index (χ0) is 13.9. The van der Waals surface area contributed by atoms with Crippen molar-refractivity contribution in [1.29, 1.82) is 0 Å². The van der Waals surface area contributed by atoms with E-state index in [0.717, 1.165) is 43.5 Å². The fraction of sp³-hybridized carbons (Fsp3) is 0.714. The van der Waals surface area contributed by atoms with Gasteiger partial charge in [-0.3, -0.25) is 0 Å². The average molecular weight is 277 g/mol. The predicted octanol–water partition coefficient (Wildman–Crippen LogP) is 0.783. The van der Waals surface area contributed by atoms with Gasteiger partial charge >= 0.3 is 0 Å². The molecule has 6 nitrogen and oxygen atoms in total. The van der Waals surface area contributed by atoms with Crippen LogP contribution in [0.4, 0.5) is 11.8 Å². The summed E-state index contributed by atoms with van der Waals surface area (Å²) in [5.74, 6) is 2.02. The maximum Gasteiger partial charge on any atom is 0.222 e. The van der Waals surface area contributed by atoms with Crippen LogP contribution >= 0.6 is 0 Å². The molecule has 6 heteroatoms. The van der Waals surface area contributed by atoms with E-state index in [9.17, 15) is 0 Å². The Balaban J connectivity index is 1.63. The number of likely N-dealkylation sites (N-methyl/N-ethyl adjacent to an activating group) is 1. The molecule has 1 aromatic rings. The molecule has 110 valence electrons. The largest absolute Gasteiger partial charge is 0.375 e. The maximum absolute atomic E-state index is 5.82. The molecule has 2 heterocycles. The van der Waals surface area contributed by atoms with Crippen molar-refractivity contribution < 1.29 is 4.74 Å². The lowest BCUT2D eigenvalue weighted by molar-refractivity contribution is 0.109. The first-order chi connectivity index (χ1) is 9.74. The molecule has 1 aliphatic heterocycles. The fourth-order valence-electron chi connectivity index (χ4n) is 2.56. The quantitative estimate of drug-likeness (QED) is 0.800. The summed E-state index contributed by atoms with van der Waals surface area (Å²) in [6, 6.07) is 2.53. The summed E-state index contributed by atoms with van der Waals surface area (Å²) in [4.78, 5) is 10.9. The molecular weight excluding hydrogens is 254 g/mol. The molecule has 1 saturated carbocycles. The lowest BCUT2D eigenvalue weighted by atomic mass is 10.3. The lowest BCUT2D eigenvalue weighted by Crippen LogP contribution is -2.30. The van der Waals surface area contributed by atoms with Crippen LogP contribution in [0.15, 0.2) is 6.07 Å². The summed E-state index contributed by atoms with van der Waals surface area (Å²) < 4.78 is 5.68. The van der Waals surface area contributed by atoms with Gasteiger partial charge in [0.1, 0.15) is 5.82 Å². The van der Waals surface area contributed by atoms with E-state index in [2.05, 4.69) is 20.2 Å². The Morgan fingerprint density at radius 3 is 2.95 bits per heavy atom. The van der Waals surface area contributed by atoms with Gasteiger partial charge in [0.2, 0.25) is 5.95 Å². The van der Waals surface area contributed by atoms with E-state index in [1.807, 2.05) is 13.1 Å². The van der Waals surface area contributed by atoms with Crippen LogP contribution in [0.3, 0.4) is 0 Å². The van der Waals surface area contributed by atoms with Gasteiger partial charge in [0.25, 0.3) is 0 Å². The van der Waals surface area contributed by atoms with Crippen LogP contribution in [-0.4, -0.2) is 42.8 Å². The van der Waals surface area contributed by atoms with Gasteiger partial charge in [-0.05, 0) is 32.2 Å². The Kier molecular flexibility index (Phi) is 4.03. The number of nitrogens with one attached hydrogen (secondary N) is 1. The molecule has 0 aromatic carbocycles. The molecule has 1 aliphatic carbocycles. The van der Waals surface area contributed by atoms with Crippen LogP contribution in [0, 0.1) is 5.92 Å². The molecule has 1 atom stereocenters. The summed E-state index contributed by atoms with van der Waals surface area (Å²) >= 11 is 0. The summed E-state index contributed by atoms with van der Waals surface area (Å²) in [5.41, 5.74) is 6.69. The molecule has 20 heavy (non-hydrogen) atoms. The normalized spacial score (nSPS) is 22.4. The number of nitrogen functional groups attached to an aromatic ring is 1. The van der Waals surface area contributed by atoms with Crippen molar-refractivity contribution in [3.8, 4) is 0 Å². The van der Waals surface area contributed by atoms with E-state index in [-0.39, 0.29) is 0 Å². The van der Waals surface area contributed by atoms with E-state index in [1.165, 1.54) is 12.8 Å². The molecular formula is C14H23N5O. The van der Waals surface area contributed by atoms with Gasteiger partial charge < -0.3 is 20.7 Å². The van der Waals surface area contributed by atoms with Crippen LogP contribution in [0.5, 0.6) is 0 Å². The van der Waals surface area contributed by atoms with Crippen molar-refractivity contribution >= 4 is 11.8 Å². The van der Waals surface area contributed by atoms with E-state index in [0.29, 0.717) is 18.6 Å². The second-order valence-corrected chi connectivity index (χ2v) is 5.75. The molecule has 2 fully saturated rings. The molecule has 3 N–H and O–H groups in total. The summed E-state index contributed by atoms with van der Waals surface area (Å²) in [6.45, 7) is 3.34. The minimum absolute atomic E-state index is 0.334. The zero-order valence-electron chi connectivity index (χ0n) is 12.0. The second-order valence-electron chi connectivity index (χ2n) is 5.75. The number of ether oxygens (including phenoxy) is 1. The van der Waals surface area contributed by atoms with E-state index < -0.39 is 0 Å². The van der Waals surface area contributed by atoms with Gasteiger partial charge in [0.05, 0.1) is 12.3 Å². The van der Waals surface area contributed by atoms with Crippen LogP contribution in [0.2, 0.25) is 0 Å². The molecule has 1 aromatic heterocycles. The van der Waals surface area contributed by atoms with E-state index in [4.69, 9.17) is 10.5 Å². The smallest absolute Gasteiger partial charge is 0.222 e. The number of anilines is 2. The topological polar surface area (TPSA) is 76.3 Å². The van der Waals surface area contributed by atoms with Gasteiger partial charge in [-0.2, -0.15) is 4.98 Å². The Bertz CT molecular complexity index is 463. The minimum atomic E-state index is 0.334. The number of aromatic nitrogens is 2. The molecule has 3 rings (SSSR count). The van der Waals surface area contributed by atoms with Crippen molar-refractivity contribution in [2.24, 2.45) is 5.92 Å². The molecule has 2 aliphatic rings. The first-order valence-corrected chi connectivity index (χ1v) is 7.38. The van der Waals surface area contributed by atoms with Gasteiger partial charge in [-0.25, -0.2) is 4.98 Å². The van der Waals surface area contributed by atoms with Crippen LogP contribution in [0.1, 0.15) is 25.0 Å². The summed E-state index contributed by atoms with van der Waals surface area (Å²) in [5, 5.41) is 3.31. The number of hydrogen-bond donors (Lipinski definition) is 2. The molecule has 0 unspecified atom stereocenters. The number of nitrogens with zero attached hydrogens (tertiary/aromatic N) is 3. The van der Waals surface area contributed by atoms with Crippen molar-refractivity contribution in [3.05, 3.63) is 11.8 Å². The maximum atomic E-state index is 5.82. The Hall–Kier alpha value is -1.40. The highest BCUT2D eigenvalue weighted by molar-refractivity contribution is 5.44. The third-order valence-corrected chi connectivity index (χ3v) is 4.00. The number of hydrogen-bond acceptors (Lipinski definition) is 6. The zero-order valence-corrected chi connectivity index (χ0v) is 12.0. The van der Waals surface area contributed by atoms with Crippen molar-refractivity contribution in [3.63, 3.8) is 0 Å². The highest BCUT2D eigenvalue weighted by Gasteiger charge is 2.23. The van der Waals surface area contributed by atoms with Crippen molar-refractivity contribution in [1.82, 2.24) is 15.3 Å². The highest BCUT2D eigenvalue weighted by Crippen LogP contribution is 2.29. The van der Waals surface area contributed by atoms with E-state index >= 15 is 0 Å². The van der Waals surface area contributed by atoms with E-state index in [1.54, 1.807) is 0 Å². The van der Waals surface area contributed by atoms with Crippen molar-refractivity contribution in [2.75, 3.05) is 37.4 Å². The minimum Gasteiger partial charge on any atom is -0.375 e. The van der Waals surface area contributed by atoms with Crippen LogP contribution in [0.25, 0.3) is 0 Å². The third-order valence-electron chi connectivity index (χ3n) is 4.00. The Morgan fingerprint density at radius 1 is 1.40 bits per heavy atom. The van der Waals surface area contributed by atoms with Gasteiger partial charge in [0, 0.05) is 31.8 Å². The molecule has 0 bridgehead atoms. The Morgan fingerprint density at radius 2 is 2.25 bits per heavy atom. The van der Waals surface area contributed by atoms with Gasteiger partial charge in [0.15, 0.2) is 0 Å². The van der Waals surface area contributed by atoms with Gasteiger partial charge in [-0.15, -0.1) is 0 Å². The van der Waals surface area contributed by atoms with Crippen molar-refractivity contribution in [2.45, 2.75) is 31.9 Å². The van der Waals surface area contributed by atoms with Crippen LogP contribution < -0.4 is 16.0 Å². The predicted molar refractivity (Wildman–Crippen MR) is 78.5 cm³/mol. The molecule has 1 saturated heterocycles. The molecule has 0 amide bonds. The van der Waals surface area contributed by atoms with Gasteiger partial charge in [-0.1, -0.05) is 0 Å². The first kappa shape index (κ1) is 13.6. The first-order valence-electron chi connectivity index (χ1n) is 7.38. The highest BCUT2D eigenvalue weighted by atomic mass is 16.5. The lowest BCUT2D eigenvalue weighted by Gasteiger charge is -2.18. The molecule has 0 radical (unpaired) electrons. The second kappa shape index (κ2) is 5.93. The molecule has 0 spiro atoms. The monoisotopic (exact) mass is 277 g/mol. The number of rotatable bonds is 6. The fourth-order valence-corrected chi connectivity index (χ4v) is 2.56. The standard InChI is InChI=1S/C14H23N5O/c1-16-11-4-5-19(7-11)13-6-12(17-14(15)18-13)9-20-8-10-2-3-10/h6,10-11,16H,2-5,7-9H2,1H3,(H2,15,17,18)/t11-/m1/s1. The van der Waals surface area contributed by atoms with Crippen LogP contribution in [-0.2, 0) is 11.3 Å². The Labute approximate surface area is 119 Å². The third kappa shape index (κ3) is 3.37. The summed E-state index contributed by atoms with van der Waals surface area (Å²) in [6.07, 6.45) is 3.74. The number of nitrogens with two attached hydrogens (primary N) is 1. The SMILES string of the molecule is CN[C@@H]1CCN(c2cc(COCC3CC3)nc(N)n2)C1. The summed E-state index contributed by atoms with van der Waals surface area (Å²) in [7, 11) is 2.00. The average Bonchev–Trinajstić information content (AvgIpc) is 3.13.